The molecule has 2 saturated heterocycles. The molecule has 1 saturated carbocycles. The molecular weight excluding hydrogens is 748 g/mol. The fourth-order valence-corrected chi connectivity index (χ4v) is 8.87. The maximum atomic E-state index is 16.1. The van der Waals surface area contributed by atoms with E-state index in [-0.39, 0.29) is 48.4 Å². The number of benzene rings is 2. The number of pyridine rings is 1. The molecule has 3 amide bonds. The standard InChI is InChI=1S/C40H42F4N8O5/c1-49-36-26(5-3-7-31(36)52(39(49)56)32-13-14-35(53)47-38(32)55)25-15-16-50(21-27(25)41)19-22-9-11-24(12-10-22)51-20-23-17-30(33(57-2)18-29(23)48-51)46-37(54)28-6-4-8-34(45-28)40(42,43)44/h3-8,17-18,20,22,24-25,27,32H,9-16,19,21H2,1-2H3,(H,46,54)(H,47,53,55)/t22-,24-,25-,27+,32?/m0/s1. The van der Waals surface area contributed by atoms with Crippen LogP contribution in [0.2, 0.25) is 0 Å². The average molecular weight is 791 g/mol. The molecule has 2 aromatic carbocycles. The third kappa shape index (κ3) is 7.40. The van der Waals surface area contributed by atoms with Crippen molar-refractivity contribution in [3.05, 3.63) is 82.2 Å². The van der Waals surface area contributed by atoms with Gasteiger partial charge in [0.15, 0.2) is 0 Å². The van der Waals surface area contributed by atoms with E-state index in [1.807, 2.05) is 16.9 Å². The maximum Gasteiger partial charge on any atom is 0.433 e. The molecule has 3 atom stereocenters. The number of imidazole rings is 1. The van der Waals surface area contributed by atoms with E-state index in [0.29, 0.717) is 41.2 Å². The van der Waals surface area contributed by atoms with Gasteiger partial charge in [0.2, 0.25) is 11.8 Å². The topological polar surface area (TPSA) is 145 Å². The van der Waals surface area contributed by atoms with Gasteiger partial charge in [-0.05, 0) is 80.8 Å². The summed E-state index contributed by atoms with van der Waals surface area (Å²) in [5.41, 5.74) is 0.929. The van der Waals surface area contributed by atoms with Crippen molar-refractivity contribution in [2.24, 2.45) is 13.0 Å². The van der Waals surface area contributed by atoms with E-state index in [4.69, 9.17) is 9.84 Å². The number of aromatic nitrogens is 5. The molecule has 2 aliphatic heterocycles. The summed E-state index contributed by atoms with van der Waals surface area (Å²) in [5, 5.41) is 10.5. The van der Waals surface area contributed by atoms with Crippen molar-refractivity contribution in [2.75, 3.05) is 32.1 Å². The lowest BCUT2D eigenvalue weighted by molar-refractivity contribution is -0.141. The molecular formula is C40H42F4N8O5. The van der Waals surface area contributed by atoms with Crippen LogP contribution < -0.4 is 21.1 Å². The van der Waals surface area contributed by atoms with E-state index < -0.39 is 41.8 Å². The van der Waals surface area contributed by atoms with E-state index in [1.54, 1.807) is 31.3 Å². The van der Waals surface area contributed by atoms with E-state index in [0.717, 1.165) is 55.3 Å². The molecule has 1 unspecified atom stereocenters. The summed E-state index contributed by atoms with van der Waals surface area (Å²) in [6, 6.07) is 11.3. The summed E-state index contributed by atoms with van der Waals surface area (Å²) in [5.74, 6) is -1.40. The van der Waals surface area contributed by atoms with Crippen molar-refractivity contribution in [2.45, 2.75) is 75.3 Å². The summed E-state index contributed by atoms with van der Waals surface area (Å²) >= 11 is 0. The Morgan fingerprint density at radius 2 is 1.79 bits per heavy atom. The van der Waals surface area contributed by atoms with Crippen molar-refractivity contribution in [3.63, 3.8) is 0 Å². The minimum Gasteiger partial charge on any atom is -0.494 e. The molecule has 2 N–H and O–H groups in total. The zero-order valence-electron chi connectivity index (χ0n) is 31.4. The molecule has 8 rings (SSSR count). The number of piperidine rings is 2. The molecule has 3 fully saturated rings. The largest absolute Gasteiger partial charge is 0.494 e. The van der Waals surface area contributed by atoms with Crippen molar-refractivity contribution in [1.82, 2.24) is 34.1 Å². The Labute approximate surface area is 324 Å². The number of nitrogens with zero attached hydrogens (tertiary/aromatic N) is 6. The average Bonchev–Trinajstić information content (AvgIpc) is 3.71. The van der Waals surface area contributed by atoms with Gasteiger partial charge in [-0.15, -0.1) is 0 Å². The Kier molecular flexibility index (Phi) is 10.1. The molecule has 5 aromatic rings. The summed E-state index contributed by atoms with van der Waals surface area (Å²) in [4.78, 5) is 56.4. The van der Waals surface area contributed by atoms with Gasteiger partial charge in [-0.1, -0.05) is 18.2 Å². The van der Waals surface area contributed by atoms with Crippen LogP contribution in [0.25, 0.3) is 21.9 Å². The number of amides is 3. The van der Waals surface area contributed by atoms with Crippen LogP contribution in [0, 0.1) is 5.92 Å². The van der Waals surface area contributed by atoms with Crippen LogP contribution in [0.3, 0.4) is 0 Å². The van der Waals surface area contributed by atoms with Gasteiger partial charge < -0.3 is 15.0 Å². The highest BCUT2D eigenvalue weighted by molar-refractivity contribution is 6.05. The second-order valence-corrected chi connectivity index (χ2v) is 15.3. The third-order valence-electron chi connectivity index (χ3n) is 11.8. The number of methoxy groups -OCH3 is 1. The SMILES string of the molecule is COc1cc2nn([C@H]3CC[C@H](CN4CC[C@@H](c5cccc6c5n(C)c(=O)n6C5CCC(=O)NC5=O)[C@H](F)C4)CC3)cc2cc1NC(=O)c1cccc(C(F)(F)F)n1. The minimum absolute atomic E-state index is 0.131. The van der Waals surface area contributed by atoms with E-state index in [9.17, 15) is 32.3 Å². The number of aryl methyl sites for hydroxylation is 1. The van der Waals surface area contributed by atoms with Crippen LogP contribution in [0.1, 0.15) is 84.7 Å². The van der Waals surface area contributed by atoms with Gasteiger partial charge in [0.25, 0.3) is 5.91 Å². The number of hydrogen-bond donors (Lipinski definition) is 2. The highest BCUT2D eigenvalue weighted by Crippen LogP contribution is 2.39. The first kappa shape index (κ1) is 38.3. The molecule has 300 valence electrons. The predicted molar refractivity (Wildman–Crippen MR) is 202 cm³/mol. The van der Waals surface area contributed by atoms with Crippen molar-refractivity contribution >= 4 is 45.3 Å². The summed E-state index contributed by atoms with van der Waals surface area (Å²) in [6.07, 6.45) is 0.610. The van der Waals surface area contributed by atoms with Gasteiger partial charge in [-0.2, -0.15) is 18.3 Å². The van der Waals surface area contributed by atoms with Crippen LogP contribution >= 0.6 is 0 Å². The van der Waals surface area contributed by atoms with E-state index in [1.165, 1.54) is 22.3 Å². The molecule has 1 aliphatic carbocycles. The highest BCUT2D eigenvalue weighted by Gasteiger charge is 2.37. The van der Waals surface area contributed by atoms with Crippen molar-refractivity contribution in [1.29, 1.82) is 0 Å². The molecule has 0 radical (unpaired) electrons. The molecule has 0 bridgehead atoms. The van der Waals surface area contributed by atoms with Crippen molar-refractivity contribution < 1.29 is 36.7 Å². The van der Waals surface area contributed by atoms with Gasteiger partial charge in [0.05, 0.1) is 35.4 Å². The number of nitrogens with one attached hydrogen (secondary N) is 2. The quantitative estimate of drug-likeness (QED) is 0.146. The van der Waals surface area contributed by atoms with Crippen LogP contribution in [0.4, 0.5) is 23.2 Å². The number of likely N-dealkylation sites (tertiary alicyclic amines) is 1. The number of ether oxygens (including phenoxy) is 1. The van der Waals surface area contributed by atoms with Crippen LogP contribution in [-0.4, -0.2) is 79.4 Å². The number of imide groups is 1. The number of carbonyl (C=O) groups excluding carboxylic acids is 3. The van der Waals surface area contributed by atoms with Crippen LogP contribution in [0.15, 0.2) is 59.5 Å². The predicted octanol–water partition coefficient (Wildman–Crippen LogP) is 5.90. The minimum atomic E-state index is -4.69. The third-order valence-corrected chi connectivity index (χ3v) is 11.8. The second kappa shape index (κ2) is 15.1. The van der Waals surface area contributed by atoms with Crippen molar-refractivity contribution in [3.8, 4) is 5.75 Å². The Bertz CT molecular complexity index is 2430. The number of para-hydroxylation sites is 1. The number of carbonyl (C=O) groups is 3. The molecule has 0 spiro atoms. The molecule has 13 nitrogen and oxygen atoms in total. The molecule has 5 heterocycles. The van der Waals surface area contributed by atoms with E-state index in [2.05, 4.69) is 20.5 Å². The maximum absolute atomic E-state index is 16.1. The fourth-order valence-electron chi connectivity index (χ4n) is 8.87. The van der Waals surface area contributed by atoms with Gasteiger partial charge in [-0.3, -0.25) is 33.5 Å². The zero-order chi connectivity index (χ0) is 40.2. The second-order valence-electron chi connectivity index (χ2n) is 15.3. The lowest BCUT2D eigenvalue weighted by atomic mass is 9.83. The first-order valence-electron chi connectivity index (χ1n) is 19.1. The monoisotopic (exact) mass is 790 g/mol. The van der Waals surface area contributed by atoms with Gasteiger partial charge >= 0.3 is 11.9 Å². The van der Waals surface area contributed by atoms with E-state index >= 15 is 4.39 Å². The lowest BCUT2D eigenvalue weighted by Gasteiger charge is -2.38. The summed E-state index contributed by atoms with van der Waals surface area (Å²) in [7, 11) is 3.07. The summed E-state index contributed by atoms with van der Waals surface area (Å²) < 4.78 is 66.0. The highest BCUT2D eigenvalue weighted by atomic mass is 19.4. The van der Waals surface area contributed by atoms with Gasteiger partial charge in [-0.25, -0.2) is 14.2 Å². The number of alkyl halides is 4. The molecule has 57 heavy (non-hydrogen) atoms. The number of halogens is 4. The number of anilines is 1. The zero-order valence-corrected chi connectivity index (χ0v) is 31.4. The molecule has 17 heteroatoms. The number of fused-ring (bicyclic) bond motifs is 2. The Balaban J connectivity index is 0.892. The first-order chi connectivity index (χ1) is 27.3. The van der Waals surface area contributed by atoms with Gasteiger partial charge in [0.1, 0.15) is 29.4 Å². The Hall–Kier alpha value is -5.58. The molecule has 3 aliphatic rings. The van der Waals surface area contributed by atoms with Crippen LogP contribution in [-0.2, 0) is 22.8 Å². The number of hydrogen-bond acceptors (Lipinski definition) is 8. The van der Waals surface area contributed by atoms with Crippen LogP contribution in [0.5, 0.6) is 5.75 Å². The van der Waals surface area contributed by atoms with Gasteiger partial charge in [0, 0.05) is 50.1 Å². The Morgan fingerprint density at radius 1 is 1.02 bits per heavy atom. The summed E-state index contributed by atoms with van der Waals surface area (Å²) in [6.45, 7) is 1.76. The molecule has 3 aromatic heterocycles. The number of rotatable bonds is 8. The fraction of sp³-hybridized carbons (Fsp3) is 0.450. The lowest BCUT2D eigenvalue weighted by Crippen LogP contribution is -2.44. The normalized spacial score (nSPS) is 23.5. The first-order valence-corrected chi connectivity index (χ1v) is 19.1. The smallest absolute Gasteiger partial charge is 0.433 e. The Morgan fingerprint density at radius 3 is 2.51 bits per heavy atom.